The molecule has 9 rings (SSSR count). The molecular formula is C46H31N3O. The fourth-order valence-electron chi connectivity index (χ4n) is 7.02. The predicted octanol–water partition coefficient (Wildman–Crippen LogP) is 11.8. The van der Waals surface area contributed by atoms with Crippen LogP contribution in [0.15, 0.2) is 183 Å². The zero-order valence-electron chi connectivity index (χ0n) is 27.3. The molecule has 0 N–H and O–H groups in total. The molecule has 1 heterocycles. The van der Waals surface area contributed by atoms with Gasteiger partial charge < -0.3 is 4.42 Å². The van der Waals surface area contributed by atoms with Gasteiger partial charge in [-0.1, -0.05) is 133 Å². The highest BCUT2D eigenvalue weighted by Gasteiger charge is 2.18. The summed E-state index contributed by atoms with van der Waals surface area (Å²) in [5, 5.41) is 9.13. The number of furan rings is 1. The van der Waals surface area contributed by atoms with Gasteiger partial charge >= 0.3 is 0 Å². The average molecular weight is 642 g/mol. The van der Waals surface area contributed by atoms with Gasteiger partial charge in [-0.2, -0.15) is 0 Å². The smallest absolute Gasteiger partial charge is 0.161 e. The van der Waals surface area contributed by atoms with Crippen molar-refractivity contribution in [2.75, 3.05) is 0 Å². The van der Waals surface area contributed by atoms with Crippen LogP contribution in [0.4, 0.5) is 0 Å². The zero-order chi connectivity index (χ0) is 33.4. The summed E-state index contributed by atoms with van der Waals surface area (Å²) in [5.74, 6) is 1.08. The molecule has 4 nitrogen and oxygen atoms in total. The van der Waals surface area contributed by atoms with E-state index in [2.05, 4.69) is 127 Å². The largest absolute Gasteiger partial charge is 0.456 e. The molecule has 0 aliphatic heterocycles. The van der Waals surface area contributed by atoms with Crippen LogP contribution in [0.3, 0.4) is 0 Å². The summed E-state index contributed by atoms with van der Waals surface area (Å²) in [6.07, 6.45) is 0. The minimum atomic E-state index is 0.485. The summed E-state index contributed by atoms with van der Waals surface area (Å²) >= 11 is 0. The van der Waals surface area contributed by atoms with Crippen molar-refractivity contribution in [3.8, 4) is 11.1 Å². The molecule has 0 bridgehead atoms. The molecule has 0 amide bonds. The van der Waals surface area contributed by atoms with E-state index >= 15 is 0 Å². The molecule has 8 aromatic carbocycles. The van der Waals surface area contributed by atoms with Crippen molar-refractivity contribution >= 4 is 72.6 Å². The molecule has 0 saturated heterocycles. The highest BCUT2D eigenvalue weighted by molar-refractivity contribution is 6.23. The van der Waals surface area contributed by atoms with Crippen molar-refractivity contribution in [3.05, 3.63) is 180 Å². The Morgan fingerprint density at radius 2 is 1.26 bits per heavy atom. The summed E-state index contributed by atoms with van der Waals surface area (Å²) < 4.78 is 6.43. The Bertz CT molecular complexity index is 2810. The Kier molecular flexibility index (Phi) is 7.33. The van der Waals surface area contributed by atoms with Crippen molar-refractivity contribution in [2.45, 2.75) is 6.54 Å². The third kappa shape index (κ3) is 5.24. The van der Waals surface area contributed by atoms with E-state index in [0.717, 1.165) is 55.0 Å². The van der Waals surface area contributed by atoms with Crippen LogP contribution in [0.25, 0.3) is 65.4 Å². The standard InChI is InChI=1S/C46H31N3O/c1-47-46(49-45(48-29-30-12-3-2-4-13-30)35-23-22-31-14-5-6-15-32(31)26-35)39-20-11-21-43-44(39)41-28-34(24-25-42(41)50-43)40-27-33-16-7-8-17-36(33)37-18-9-10-19-38(37)40/h2-28H,1,29H2/b48-45-,49-46-. The normalized spacial score (nSPS) is 12.4. The summed E-state index contributed by atoms with van der Waals surface area (Å²) in [6, 6.07) is 56.8. The van der Waals surface area contributed by atoms with Crippen LogP contribution in [-0.2, 0) is 6.54 Å². The van der Waals surface area contributed by atoms with Crippen molar-refractivity contribution in [1.29, 1.82) is 0 Å². The number of hydrogen-bond donors (Lipinski definition) is 0. The van der Waals surface area contributed by atoms with Crippen LogP contribution in [0.2, 0.25) is 0 Å². The maximum Gasteiger partial charge on any atom is 0.161 e. The molecule has 0 radical (unpaired) electrons. The van der Waals surface area contributed by atoms with E-state index in [1.165, 1.54) is 27.1 Å². The van der Waals surface area contributed by atoms with Gasteiger partial charge in [0.15, 0.2) is 11.7 Å². The topological polar surface area (TPSA) is 50.2 Å². The first-order valence-corrected chi connectivity index (χ1v) is 16.7. The van der Waals surface area contributed by atoms with Crippen molar-refractivity contribution in [3.63, 3.8) is 0 Å². The van der Waals surface area contributed by atoms with Gasteiger partial charge in [-0.15, -0.1) is 0 Å². The number of nitrogens with zero attached hydrogens (tertiary/aromatic N) is 3. The van der Waals surface area contributed by atoms with Crippen molar-refractivity contribution in [1.82, 2.24) is 0 Å². The molecule has 236 valence electrons. The van der Waals surface area contributed by atoms with Gasteiger partial charge in [0.2, 0.25) is 0 Å². The summed E-state index contributed by atoms with van der Waals surface area (Å²) in [5.41, 5.74) is 6.71. The van der Waals surface area contributed by atoms with E-state index in [1.807, 2.05) is 48.5 Å². The van der Waals surface area contributed by atoms with E-state index in [-0.39, 0.29) is 0 Å². The van der Waals surface area contributed by atoms with Crippen LogP contribution in [-0.4, -0.2) is 18.4 Å². The van der Waals surface area contributed by atoms with Crippen molar-refractivity contribution < 1.29 is 4.42 Å². The van der Waals surface area contributed by atoms with E-state index < -0.39 is 0 Å². The third-order valence-corrected chi connectivity index (χ3v) is 9.44. The number of fused-ring (bicyclic) bond motifs is 7. The highest BCUT2D eigenvalue weighted by atomic mass is 16.3. The molecule has 0 unspecified atom stereocenters. The maximum atomic E-state index is 6.43. The lowest BCUT2D eigenvalue weighted by Crippen LogP contribution is -2.06. The lowest BCUT2D eigenvalue weighted by molar-refractivity contribution is 0.669. The second kappa shape index (κ2) is 12.4. The average Bonchev–Trinajstić information content (AvgIpc) is 3.56. The summed E-state index contributed by atoms with van der Waals surface area (Å²) in [7, 11) is 0. The van der Waals surface area contributed by atoms with Gasteiger partial charge in [0.25, 0.3) is 0 Å². The van der Waals surface area contributed by atoms with Gasteiger partial charge in [0.05, 0.1) is 6.54 Å². The second-order valence-electron chi connectivity index (χ2n) is 12.5. The fourth-order valence-corrected chi connectivity index (χ4v) is 7.02. The molecule has 50 heavy (non-hydrogen) atoms. The van der Waals surface area contributed by atoms with Gasteiger partial charge in [0, 0.05) is 21.9 Å². The van der Waals surface area contributed by atoms with Gasteiger partial charge in [-0.25, -0.2) is 9.98 Å². The first-order valence-electron chi connectivity index (χ1n) is 16.7. The molecule has 0 fully saturated rings. The summed E-state index contributed by atoms with van der Waals surface area (Å²) in [4.78, 5) is 14.7. The minimum absolute atomic E-state index is 0.485. The minimum Gasteiger partial charge on any atom is -0.456 e. The van der Waals surface area contributed by atoms with E-state index in [0.29, 0.717) is 18.2 Å². The molecule has 0 spiro atoms. The monoisotopic (exact) mass is 641 g/mol. The van der Waals surface area contributed by atoms with E-state index in [4.69, 9.17) is 14.4 Å². The number of amidine groups is 2. The molecule has 0 aliphatic rings. The summed E-state index contributed by atoms with van der Waals surface area (Å²) in [6.45, 7) is 4.47. The molecule has 1 aromatic heterocycles. The number of aliphatic imine (C=N–C) groups is 3. The fraction of sp³-hybridized carbons (Fsp3) is 0.0217. The van der Waals surface area contributed by atoms with Crippen LogP contribution in [0, 0.1) is 0 Å². The van der Waals surface area contributed by atoms with E-state index in [1.54, 1.807) is 0 Å². The molecule has 0 atom stereocenters. The first kappa shape index (κ1) is 29.5. The van der Waals surface area contributed by atoms with Crippen LogP contribution >= 0.6 is 0 Å². The van der Waals surface area contributed by atoms with Crippen LogP contribution < -0.4 is 0 Å². The quantitative estimate of drug-likeness (QED) is 0.105. The van der Waals surface area contributed by atoms with Gasteiger partial charge in [-0.3, -0.25) is 4.99 Å². The number of rotatable bonds is 5. The van der Waals surface area contributed by atoms with Gasteiger partial charge in [0.1, 0.15) is 11.2 Å². The SMILES string of the molecule is C=N/C(=N\C(=N/Cc1ccccc1)c1ccc2ccccc2c1)c1cccc2oc3ccc(-c4cc5ccccc5c5ccccc45)cc3c12. The lowest BCUT2D eigenvalue weighted by Gasteiger charge is -2.11. The number of benzene rings is 8. The Hall–Kier alpha value is -6.65. The second-order valence-corrected chi connectivity index (χ2v) is 12.5. The number of hydrogen-bond acceptors (Lipinski definition) is 2. The molecular weight excluding hydrogens is 611 g/mol. The molecule has 9 aromatic rings. The van der Waals surface area contributed by atoms with Gasteiger partial charge in [-0.05, 0) is 86.1 Å². The Labute approximate surface area is 289 Å². The predicted molar refractivity (Wildman–Crippen MR) is 211 cm³/mol. The highest BCUT2D eigenvalue weighted by Crippen LogP contribution is 2.39. The molecule has 0 saturated carbocycles. The van der Waals surface area contributed by atoms with Crippen LogP contribution in [0.1, 0.15) is 16.7 Å². The Balaban J connectivity index is 1.22. The van der Waals surface area contributed by atoms with E-state index in [9.17, 15) is 0 Å². The lowest BCUT2D eigenvalue weighted by atomic mass is 9.92. The molecule has 4 heteroatoms. The maximum absolute atomic E-state index is 6.43. The van der Waals surface area contributed by atoms with Crippen LogP contribution in [0.5, 0.6) is 0 Å². The molecule has 0 aliphatic carbocycles. The zero-order valence-corrected chi connectivity index (χ0v) is 27.3. The first-order chi connectivity index (χ1) is 24.7. The van der Waals surface area contributed by atoms with Crippen molar-refractivity contribution in [2.24, 2.45) is 15.0 Å². The Morgan fingerprint density at radius 1 is 0.520 bits per heavy atom. The third-order valence-electron chi connectivity index (χ3n) is 9.44. The Morgan fingerprint density at radius 3 is 2.10 bits per heavy atom.